The van der Waals surface area contributed by atoms with E-state index in [0.717, 1.165) is 7.93 Å². The van der Waals surface area contributed by atoms with Gasteiger partial charge in [-0.1, -0.05) is 0 Å². The Morgan fingerprint density at radius 3 is 1.29 bits per heavy atom. The summed E-state index contributed by atoms with van der Waals surface area (Å²) in [4.78, 5) is 4.66. The predicted octanol–water partition coefficient (Wildman–Crippen LogP) is 1.05. The summed E-state index contributed by atoms with van der Waals surface area (Å²) in [6.07, 6.45) is 0. The third kappa shape index (κ3) is 10.0. The Morgan fingerprint density at radius 1 is 0.786 bits per heavy atom. The number of nitrogens with zero attached hydrogens (tertiary/aromatic N) is 2. The van der Waals surface area contributed by atoms with Crippen LogP contribution in [0.1, 0.15) is 13.8 Å². The van der Waals surface area contributed by atoms with Crippen molar-refractivity contribution in [3.63, 3.8) is 0 Å². The van der Waals surface area contributed by atoms with E-state index in [1.54, 1.807) is 0 Å². The Kier molecular flexibility index (Phi) is 9.55. The molecule has 0 saturated carbocycles. The maximum absolute atomic E-state index is 2.44. The summed E-state index contributed by atoms with van der Waals surface area (Å²) in [5, 5.41) is 0. The number of rotatable bonds is 7. The van der Waals surface area contributed by atoms with Crippen molar-refractivity contribution in [1.29, 1.82) is 0 Å². The van der Waals surface area contributed by atoms with Crippen LogP contribution in [0.3, 0.4) is 0 Å². The Hall–Kier alpha value is 1.50. The van der Waals surface area contributed by atoms with E-state index in [-0.39, 0.29) is 0 Å². The van der Waals surface area contributed by atoms with Gasteiger partial charge in [0.15, 0.2) is 0 Å². The average Bonchev–Trinajstić information content (AvgIpc) is 1.98. The summed E-state index contributed by atoms with van der Waals surface area (Å²) in [6, 6.07) is 0. The monoisotopic (exact) mass is 432 g/mol. The first-order valence-corrected chi connectivity index (χ1v) is 15.1. The van der Waals surface area contributed by atoms with Gasteiger partial charge in [0.05, 0.1) is 0 Å². The Bertz CT molecular complexity index is 124. The number of hydrogen-bond acceptors (Lipinski definition) is 2. The predicted molar refractivity (Wildman–Crippen MR) is 67.5 cm³/mol. The summed E-state index contributed by atoms with van der Waals surface area (Å²) >= 11 is 0.684. The molecule has 86 valence electrons. The van der Waals surface area contributed by atoms with Crippen LogP contribution in [0.4, 0.5) is 0 Å². The molecular formula is C10H24N2Te2. The van der Waals surface area contributed by atoms with Crippen molar-refractivity contribution >= 4 is 34.1 Å². The van der Waals surface area contributed by atoms with Gasteiger partial charge in [0.25, 0.3) is 0 Å². The van der Waals surface area contributed by atoms with E-state index in [0.29, 0.717) is 34.1 Å². The molecule has 0 heterocycles. The standard InChI is InChI=1S/C10H24N2Te2/c1-9(7-11(3)4)13-14-10(2)8-12(5)6/h9-10H,7-8H2,1-6H3. The molecule has 0 radical (unpaired) electrons. The zero-order valence-corrected chi connectivity index (χ0v) is 14.9. The van der Waals surface area contributed by atoms with Crippen LogP contribution in [0.5, 0.6) is 0 Å². The van der Waals surface area contributed by atoms with Crippen LogP contribution >= 0.6 is 0 Å². The van der Waals surface area contributed by atoms with E-state index in [2.05, 4.69) is 51.8 Å². The van der Waals surface area contributed by atoms with Gasteiger partial charge in [-0.05, 0) is 0 Å². The van der Waals surface area contributed by atoms with Gasteiger partial charge in [0, 0.05) is 0 Å². The van der Waals surface area contributed by atoms with Gasteiger partial charge in [-0.15, -0.1) is 0 Å². The zero-order valence-electron chi connectivity index (χ0n) is 10.3. The Balaban J connectivity index is 3.50. The molecule has 0 aliphatic rings. The molecule has 0 aliphatic heterocycles. The molecule has 0 amide bonds. The quantitative estimate of drug-likeness (QED) is 0.561. The van der Waals surface area contributed by atoms with Crippen molar-refractivity contribution in [2.24, 2.45) is 0 Å². The molecule has 4 heteroatoms. The molecule has 2 atom stereocenters. The summed E-state index contributed by atoms with van der Waals surface area (Å²) in [7, 11) is 8.75. The SMILES string of the molecule is CC(CN(C)C)[Te][Te]C(C)CN(C)C. The zero-order chi connectivity index (χ0) is 11.1. The van der Waals surface area contributed by atoms with Crippen LogP contribution in [0, 0.1) is 0 Å². The van der Waals surface area contributed by atoms with Crippen LogP contribution in [0.2, 0.25) is 7.93 Å². The molecule has 2 nitrogen and oxygen atoms in total. The second-order valence-corrected chi connectivity index (χ2v) is 17.4. The van der Waals surface area contributed by atoms with Gasteiger partial charge >= 0.3 is 107 Å². The Labute approximate surface area is 106 Å². The van der Waals surface area contributed by atoms with Gasteiger partial charge in [-0.2, -0.15) is 0 Å². The second-order valence-electron chi connectivity index (χ2n) is 4.34. The van der Waals surface area contributed by atoms with E-state index in [1.165, 1.54) is 13.1 Å². The third-order valence-corrected chi connectivity index (χ3v) is 19.4. The minimum atomic E-state index is 0.342. The first kappa shape index (κ1) is 15.5. The fraction of sp³-hybridized carbons (Fsp3) is 1.00. The molecule has 0 aliphatic carbocycles. The van der Waals surface area contributed by atoms with E-state index < -0.39 is 0 Å². The van der Waals surface area contributed by atoms with E-state index in [9.17, 15) is 0 Å². The first-order chi connectivity index (χ1) is 6.41. The summed E-state index contributed by atoms with van der Waals surface area (Å²) in [6.45, 7) is 7.49. The molecule has 2 unspecified atom stereocenters. The van der Waals surface area contributed by atoms with E-state index in [1.807, 2.05) is 0 Å². The van der Waals surface area contributed by atoms with Crippen LogP contribution in [0.25, 0.3) is 0 Å². The summed E-state index contributed by atoms with van der Waals surface area (Å²) in [5.74, 6) is 0. The van der Waals surface area contributed by atoms with Gasteiger partial charge < -0.3 is 0 Å². The van der Waals surface area contributed by atoms with Crippen LogP contribution in [-0.2, 0) is 0 Å². The molecule has 0 rings (SSSR count). The first-order valence-electron chi connectivity index (χ1n) is 5.03. The van der Waals surface area contributed by atoms with Crippen molar-refractivity contribution in [2.75, 3.05) is 41.3 Å². The molecule has 0 N–H and O–H groups in total. The average molecular weight is 428 g/mol. The summed E-state index contributed by atoms with van der Waals surface area (Å²) < 4.78 is 2.03. The molecule has 0 aromatic rings. The normalized spacial score (nSPS) is 16.3. The fourth-order valence-corrected chi connectivity index (χ4v) is 14.0. The van der Waals surface area contributed by atoms with Crippen LogP contribution in [0.15, 0.2) is 0 Å². The molecule has 14 heavy (non-hydrogen) atoms. The number of hydrogen-bond donors (Lipinski definition) is 0. The van der Waals surface area contributed by atoms with Crippen molar-refractivity contribution in [1.82, 2.24) is 9.80 Å². The van der Waals surface area contributed by atoms with Crippen molar-refractivity contribution in [3.8, 4) is 0 Å². The van der Waals surface area contributed by atoms with Crippen LogP contribution in [-0.4, -0.2) is 85.2 Å². The van der Waals surface area contributed by atoms with Gasteiger partial charge in [-0.25, -0.2) is 0 Å². The van der Waals surface area contributed by atoms with Gasteiger partial charge in [0.2, 0.25) is 0 Å². The molecule has 0 bridgehead atoms. The molecule has 0 spiro atoms. The second kappa shape index (κ2) is 8.63. The third-order valence-electron chi connectivity index (χ3n) is 1.63. The topological polar surface area (TPSA) is 6.48 Å². The van der Waals surface area contributed by atoms with E-state index in [4.69, 9.17) is 0 Å². The fourth-order valence-electron chi connectivity index (χ4n) is 1.28. The van der Waals surface area contributed by atoms with Crippen LogP contribution < -0.4 is 0 Å². The van der Waals surface area contributed by atoms with Crippen molar-refractivity contribution in [3.05, 3.63) is 0 Å². The van der Waals surface area contributed by atoms with Crippen molar-refractivity contribution in [2.45, 2.75) is 21.8 Å². The van der Waals surface area contributed by atoms with Gasteiger partial charge in [0.1, 0.15) is 0 Å². The molecular weight excluding hydrogens is 403 g/mol. The molecule has 0 fully saturated rings. The maximum atomic E-state index is 2.44. The molecule has 0 saturated heterocycles. The molecule has 0 aromatic heterocycles. The van der Waals surface area contributed by atoms with E-state index >= 15 is 0 Å². The molecule has 0 aromatic carbocycles. The van der Waals surface area contributed by atoms with Crippen molar-refractivity contribution < 1.29 is 0 Å². The van der Waals surface area contributed by atoms with Gasteiger partial charge in [-0.3, -0.25) is 0 Å². The Morgan fingerprint density at radius 2 is 1.07 bits per heavy atom. The summed E-state index contributed by atoms with van der Waals surface area (Å²) in [5.41, 5.74) is 0. The minimum absolute atomic E-state index is 0.342.